The van der Waals surface area contributed by atoms with E-state index in [2.05, 4.69) is 4.90 Å². The number of carbonyl (C=O) groups is 3. The molecule has 0 unspecified atom stereocenters. The number of hydrogen-bond acceptors (Lipinski definition) is 5. The molecule has 30 heavy (non-hydrogen) atoms. The Morgan fingerprint density at radius 3 is 2.23 bits per heavy atom. The van der Waals surface area contributed by atoms with Crippen molar-refractivity contribution in [1.29, 1.82) is 0 Å². The highest BCUT2D eigenvalue weighted by Crippen LogP contribution is 2.43. The van der Waals surface area contributed by atoms with Crippen molar-refractivity contribution in [2.45, 2.75) is 57.8 Å². The van der Waals surface area contributed by atoms with E-state index in [1.807, 2.05) is 35.3 Å². The zero-order chi connectivity index (χ0) is 21.0. The molecule has 3 heterocycles. The van der Waals surface area contributed by atoms with E-state index in [4.69, 9.17) is 0 Å². The molecule has 3 fully saturated rings. The van der Waals surface area contributed by atoms with Crippen LogP contribution in [0.15, 0.2) is 30.3 Å². The van der Waals surface area contributed by atoms with Gasteiger partial charge in [-0.2, -0.15) is 0 Å². The minimum atomic E-state index is -0.500. The van der Waals surface area contributed by atoms with Gasteiger partial charge in [0.25, 0.3) is 5.91 Å². The first-order valence-electron chi connectivity index (χ1n) is 11.5. The lowest BCUT2D eigenvalue weighted by atomic mass is 9.77. The maximum Gasteiger partial charge on any atom is 0.250 e. The quantitative estimate of drug-likeness (QED) is 0.531. The van der Waals surface area contributed by atoms with Crippen LogP contribution in [0, 0.1) is 5.41 Å². The third-order valence-corrected chi connectivity index (χ3v) is 7.02. The zero-order valence-electron chi connectivity index (χ0n) is 17.9. The fourth-order valence-corrected chi connectivity index (χ4v) is 5.14. The maximum atomic E-state index is 13.3. The van der Waals surface area contributed by atoms with Gasteiger partial charge in [0.15, 0.2) is 5.78 Å². The minimum absolute atomic E-state index is 0.0104. The molecule has 0 bridgehead atoms. The summed E-state index contributed by atoms with van der Waals surface area (Å²) in [4.78, 5) is 40.6. The number of likely N-dealkylation sites (tertiary alicyclic amines) is 1. The van der Waals surface area contributed by atoms with Gasteiger partial charge < -0.3 is 4.90 Å². The van der Waals surface area contributed by atoms with Crippen LogP contribution < -0.4 is 0 Å². The second kappa shape index (κ2) is 9.40. The Hall–Kier alpha value is -2.05. The molecule has 6 nitrogen and oxygen atoms in total. The van der Waals surface area contributed by atoms with Crippen molar-refractivity contribution in [3.63, 3.8) is 0 Å². The first-order valence-corrected chi connectivity index (χ1v) is 11.5. The molecule has 0 aromatic heterocycles. The van der Waals surface area contributed by atoms with Crippen LogP contribution in [0.25, 0.3) is 0 Å². The van der Waals surface area contributed by atoms with E-state index in [0.29, 0.717) is 12.8 Å². The lowest BCUT2D eigenvalue weighted by Gasteiger charge is -2.38. The fraction of sp³-hybridized carbons (Fsp3) is 0.625. The summed E-state index contributed by atoms with van der Waals surface area (Å²) in [5.41, 5.74) is 0.276. The number of imide groups is 1. The smallest absolute Gasteiger partial charge is 0.250 e. The topological polar surface area (TPSA) is 60.9 Å². The lowest BCUT2D eigenvalue weighted by molar-refractivity contribution is -0.161. The van der Waals surface area contributed by atoms with Crippen LogP contribution in [0.1, 0.15) is 68.1 Å². The highest BCUT2D eigenvalue weighted by atomic mass is 16.2. The summed E-state index contributed by atoms with van der Waals surface area (Å²) in [5.74, 6) is 0.214. The molecule has 4 rings (SSSR count). The van der Waals surface area contributed by atoms with Gasteiger partial charge in [0, 0.05) is 31.5 Å². The molecular weight excluding hydrogens is 378 g/mol. The van der Waals surface area contributed by atoms with E-state index >= 15 is 0 Å². The molecule has 1 aromatic rings. The van der Waals surface area contributed by atoms with Gasteiger partial charge in [0.2, 0.25) is 5.91 Å². The monoisotopic (exact) mass is 411 g/mol. The van der Waals surface area contributed by atoms with Gasteiger partial charge in [-0.3, -0.25) is 14.4 Å². The number of amides is 2. The first kappa shape index (κ1) is 21.2. The molecule has 3 aliphatic rings. The predicted molar refractivity (Wildman–Crippen MR) is 115 cm³/mol. The summed E-state index contributed by atoms with van der Waals surface area (Å²) in [7, 11) is 0. The van der Waals surface area contributed by atoms with Gasteiger partial charge in [-0.25, -0.2) is 10.0 Å². The molecule has 0 saturated carbocycles. The van der Waals surface area contributed by atoms with E-state index in [0.717, 1.165) is 70.4 Å². The summed E-state index contributed by atoms with van der Waals surface area (Å²) in [6.07, 6.45) is 7.70. The molecule has 3 saturated heterocycles. The molecule has 0 aliphatic carbocycles. The average Bonchev–Trinajstić information content (AvgIpc) is 2.94. The number of ketones is 1. The summed E-state index contributed by atoms with van der Waals surface area (Å²) < 4.78 is 0. The Morgan fingerprint density at radius 2 is 1.57 bits per heavy atom. The van der Waals surface area contributed by atoms with Crippen molar-refractivity contribution < 1.29 is 14.4 Å². The number of benzene rings is 1. The van der Waals surface area contributed by atoms with Gasteiger partial charge in [-0.05, 0) is 51.7 Å². The number of Topliss-reactive ketones (excluding diaryl/α,β-unsaturated/α-hetero) is 1. The van der Waals surface area contributed by atoms with Crippen LogP contribution in [-0.4, -0.2) is 65.2 Å². The van der Waals surface area contributed by atoms with Gasteiger partial charge in [0.05, 0.1) is 5.41 Å². The van der Waals surface area contributed by atoms with E-state index < -0.39 is 5.41 Å². The number of piperidine rings is 1. The molecule has 2 amide bonds. The second-order valence-corrected chi connectivity index (χ2v) is 9.07. The molecule has 6 heteroatoms. The molecule has 0 atom stereocenters. The summed E-state index contributed by atoms with van der Waals surface area (Å²) >= 11 is 0. The Balaban J connectivity index is 1.27. The van der Waals surface area contributed by atoms with Crippen LogP contribution >= 0.6 is 0 Å². The second-order valence-electron chi connectivity index (χ2n) is 9.07. The Bertz CT molecular complexity index is 763. The van der Waals surface area contributed by atoms with Gasteiger partial charge in [-0.1, -0.05) is 43.2 Å². The highest BCUT2D eigenvalue weighted by molar-refractivity contribution is 6.05. The summed E-state index contributed by atoms with van der Waals surface area (Å²) in [5, 5.41) is 3.51. The molecule has 1 aromatic carbocycles. The highest BCUT2D eigenvalue weighted by Gasteiger charge is 2.54. The standard InChI is InChI=1S/C24H33N3O3/c28-21(20-9-4-3-5-10-20)11-8-14-25-17-12-24(13-18-25)19-22(29)27(23(24)30)26-15-6-1-2-7-16-26/h3-5,9-10H,1-2,6-8,11-19H2. The Morgan fingerprint density at radius 1 is 0.900 bits per heavy atom. The summed E-state index contributed by atoms with van der Waals surface area (Å²) in [6, 6.07) is 9.44. The van der Waals surface area contributed by atoms with Crippen molar-refractivity contribution in [2.24, 2.45) is 5.41 Å². The number of hydrogen-bond donors (Lipinski definition) is 0. The SMILES string of the molecule is O=C(CCCN1CCC2(CC1)CC(=O)N(N1CCCCCC1)C2=O)c1ccccc1. The normalized spacial score (nSPS) is 23.1. The maximum absolute atomic E-state index is 13.3. The molecule has 162 valence electrons. The van der Waals surface area contributed by atoms with Crippen LogP contribution in [0.5, 0.6) is 0 Å². The lowest BCUT2D eigenvalue weighted by Crippen LogP contribution is -2.50. The van der Waals surface area contributed by atoms with E-state index in [1.165, 1.54) is 17.9 Å². The van der Waals surface area contributed by atoms with Crippen molar-refractivity contribution >= 4 is 17.6 Å². The van der Waals surface area contributed by atoms with E-state index in [-0.39, 0.29) is 17.6 Å². The van der Waals surface area contributed by atoms with Crippen molar-refractivity contribution in [3.05, 3.63) is 35.9 Å². The fourth-order valence-electron chi connectivity index (χ4n) is 5.14. The largest absolute Gasteiger partial charge is 0.303 e. The first-order chi connectivity index (χ1) is 14.6. The third kappa shape index (κ3) is 4.49. The van der Waals surface area contributed by atoms with Crippen LogP contribution in [0.4, 0.5) is 0 Å². The Kier molecular flexibility index (Phi) is 6.64. The minimum Gasteiger partial charge on any atom is -0.303 e. The number of rotatable bonds is 6. The van der Waals surface area contributed by atoms with Crippen LogP contribution in [0.3, 0.4) is 0 Å². The number of nitrogens with zero attached hydrogens (tertiary/aromatic N) is 3. The predicted octanol–water partition coefficient (Wildman–Crippen LogP) is 3.28. The van der Waals surface area contributed by atoms with E-state index in [9.17, 15) is 14.4 Å². The van der Waals surface area contributed by atoms with Gasteiger partial charge in [0.1, 0.15) is 0 Å². The van der Waals surface area contributed by atoms with E-state index in [1.54, 1.807) is 0 Å². The van der Waals surface area contributed by atoms with Crippen LogP contribution in [-0.2, 0) is 9.59 Å². The van der Waals surface area contributed by atoms with Crippen molar-refractivity contribution in [1.82, 2.24) is 14.9 Å². The molecule has 1 spiro atoms. The van der Waals surface area contributed by atoms with Crippen LogP contribution in [0.2, 0.25) is 0 Å². The third-order valence-electron chi connectivity index (χ3n) is 7.02. The van der Waals surface area contributed by atoms with Crippen molar-refractivity contribution in [2.75, 3.05) is 32.7 Å². The summed E-state index contributed by atoms with van der Waals surface area (Å²) in [6.45, 7) is 4.15. The number of hydrazine groups is 1. The average molecular weight is 412 g/mol. The molecule has 0 N–H and O–H groups in total. The van der Waals surface area contributed by atoms with Gasteiger partial charge >= 0.3 is 0 Å². The molecule has 0 radical (unpaired) electrons. The number of carbonyl (C=O) groups excluding carboxylic acids is 3. The zero-order valence-corrected chi connectivity index (χ0v) is 17.9. The van der Waals surface area contributed by atoms with Crippen molar-refractivity contribution in [3.8, 4) is 0 Å². The van der Waals surface area contributed by atoms with Gasteiger partial charge in [-0.15, -0.1) is 0 Å². The Labute approximate surface area is 179 Å². The molecular formula is C24H33N3O3. The molecule has 3 aliphatic heterocycles.